The topological polar surface area (TPSA) is 35.5 Å². The SMILES string of the molecule is C#CCOC(=O)Oc1ccccc1C(F)(F)F. The van der Waals surface area contributed by atoms with E-state index in [2.05, 4.69) is 9.47 Å². The molecule has 1 aromatic rings. The lowest BCUT2D eigenvalue weighted by atomic mass is 10.2. The summed E-state index contributed by atoms with van der Waals surface area (Å²) in [7, 11) is 0. The lowest BCUT2D eigenvalue weighted by molar-refractivity contribution is -0.138. The Morgan fingerprint density at radius 3 is 2.59 bits per heavy atom. The van der Waals surface area contributed by atoms with Crippen LogP contribution >= 0.6 is 0 Å². The van der Waals surface area contributed by atoms with Crippen LogP contribution in [0.1, 0.15) is 5.56 Å². The number of hydrogen-bond acceptors (Lipinski definition) is 3. The second-order valence-electron chi connectivity index (χ2n) is 2.84. The summed E-state index contributed by atoms with van der Waals surface area (Å²) in [5.41, 5.74) is -1.06. The zero-order valence-electron chi connectivity index (χ0n) is 8.45. The van der Waals surface area contributed by atoms with Crippen LogP contribution in [0.2, 0.25) is 0 Å². The summed E-state index contributed by atoms with van der Waals surface area (Å²) >= 11 is 0. The van der Waals surface area contributed by atoms with E-state index in [-0.39, 0.29) is 6.61 Å². The molecule has 90 valence electrons. The van der Waals surface area contributed by atoms with E-state index in [4.69, 9.17) is 6.42 Å². The van der Waals surface area contributed by atoms with E-state index in [1.165, 1.54) is 12.1 Å². The van der Waals surface area contributed by atoms with Crippen molar-refractivity contribution in [2.24, 2.45) is 0 Å². The summed E-state index contributed by atoms with van der Waals surface area (Å²) in [6, 6.07) is 4.30. The van der Waals surface area contributed by atoms with Gasteiger partial charge in [0.2, 0.25) is 0 Å². The van der Waals surface area contributed by atoms with Crippen LogP contribution < -0.4 is 4.74 Å². The van der Waals surface area contributed by atoms with E-state index < -0.39 is 23.6 Å². The summed E-state index contributed by atoms with van der Waals surface area (Å²) in [4.78, 5) is 10.9. The molecule has 0 saturated carbocycles. The third-order valence-corrected chi connectivity index (χ3v) is 1.66. The summed E-state index contributed by atoms with van der Waals surface area (Å²) < 4.78 is 46.2. The number of rotatable bonds is 2. The molecule has 0 saturated heterocycles. The predicted molar refractivity (Wildman–Crippen MR) is 52.3 cm³/mol. The Labute approximate surface area is 95.1 Å². The third kappa shape index (κ3) is 3.72. The van der Waals surface area contributed by atoms with E-state index in [0.29, 0.717) is 0 Å². The summed E-state index contributed by atoms with van der Waals surface area (Å²) in [6.45, 7) is -0.368. The van der Waals surface area contributed by atoms with Crippen molar-refractivity contribution in [3.63, 3.8) is 0 Å². The highest BCUT2D eigenvalue weighted by atomic mass is 19.4. The maximum atomic E-state index is 12.5. The van der Waals surface area contributed by atoms with Crippen LogP contribution in [0, 0.1) is 12.3 Å². The van der Waals surface area contributed by atoms with Gasteiger partial charge in [-0.1, -0.05) is 18.1 Å². The highest BCUT2D eigenvalue weighted by molar-refractivity contribution is 5.64. The normalized spacial score (nSPS) is 10.5. The molecule has 1 rings (SSSR count). The van der Waals surface area contributed by atoms with Gasteiger partial charge in [0.05, 0.1) is 5.56 Å². The Kier molecular flexibility index (Phi) is 3.99. The van der Waals surface area contributed by atoms with Crippen LogP contribution in [0.3, 0.4) is 0 Å². The molecule has 0 amide bonds. The maximum absolute atomic E-state index is 12.5. The van der Waals surface area contributed by atoms with Crippen molar-refractivity contribution >= 4 is 6.16 Å². The molecule has 0 radical (unpaired) electrons. The standard InChI is InChI=1S/C11H7F3O3/c1-2-7-16-10(15)17-9-6-4-3-5-8(9)11(12,13)14/h1,3-6H,7H2. The number of carbonyl (C=O) groups excluding carboxylic acids is 1. The fourth-order valence-electron chi connectivity index (χ4n) is 1.01. The Balaban J connectivity index is 2.85. The molecule has 0 aliphatic rings. The second-order valence-corrected chi connectivity index (χ2v) is 2.84. The fourth-order valence-corrected chi connectivity index (χ4v) is 1.01. The van der Waals surface area contributed by atoms with Crippen molar-refractivity contribution in [3.05, 3.63) is 29.8 Å². The number of halogens is 3. The number of terminal acetylenes is 1. The van der Waals surface area contributed by atoms with Gasteiger partial charge < -0.3 is 9.47 Å². The number of alkyl halides is 3. The van der Waals surface area contributed by atoms with E-state index in [1.54, 1.807) is 0 Å². The average molecular weight is 244 g/mol. The summed E-state index contributed by atoms with van der Waals surface area (Å²) in [5, 5.41) is 0. The minimum atomic E-state index is -4.61. The van der Waals surface area contributed by atoms with Crippen LogP contribution in [-0.2, 0) is 10.9 Å². The Morgan fingerprint density at radius 2 is 2.00 bits per heavy atom. The van der Waals surface area contributed by atoms with Crippen LogP contribution in [0.25, 0.3) is 0 Å². The van der Waals surface area contributed by atoms with Gasteiger partial charge in [0.15, 0.2) is 6.61 Å². The molecule has 0 N–H and O–H groups in total. The highest BCUT2D eigenvalue weighted by Gasteiger charge is 2.34. The van der Waals surface area contributed by atoms with Crippen LogP contribution in [-0.4, -0.2) is 12.8 Å². The minimum Gasteiger partial charge on any atom is -0.421 e. The fraction of sp³-hybridized carbons (Fsp3) is 0.182. The molecule has 0 spiro atoms. The maximum Gasteiger partial charge on any atom is 0.514 e. The van der Waals surface area contributed by atoms with Gasteiger partial charge in [-0.3, -0.25) is 0 Å². The van der Waals surface area contributed by atoms with Crippen molar-refractivity contribution in [1.29, 1.82) is 0 Å². The Hall–Kier alpha value is -2.16. The van der Waals surface area contributed by atoms with Gasteiger partial charge in [0, 0.05) is 0 Å². The number of benzene rings is 1. The van der Waals surface area contributed by atoms with E-state index in [9.17, 15) is 18.0 Å². The number of hydrogen-bond donors (Lipinski definition) is 0. The number of para-hydroxylation sites is 1. The lowest BCUT2D eigenvalue weighted by Crippen LogP contribution is -2.14. The smallest absolute Gasteiger partial charge is 0.421 e. The van der Waals surface area contributed by atoms with Crippen molar-refractivity contribution in [1.82, 2.24) is 0 Å². The van der Waals surface area contributed by atoms with Crippen LogP contribution in [0.4, 0.5) is 18.0 Å². The van der Waals surface area contributed by atoms with Gasteiger partial charge in [-0.05, 0) is 12.1 Å². The first-order valence-electron chi connectivity index (χ1n) is 4.39. The van der Waals surface area contributed by atoms with Gasteiger partial charge in [-0.25, -0.2) is 4.79 Å². The predicted octanol–water partition coefficient (Wildman–Crippen LogP) is 2.85. The molecular formula is C11H7F3O3. The lowest BCUT2D eigenvalue weighted by Gasteiger charge is -2.11. The van der Waals surface area contributed by atoms with Crippen molar-refractivity contribution in [2.45, 2.75) is 6.18 Å². The second kappa shape index (κ2) is 5.25. The van der Waals surface area contributed by atoms with Crippen LogP contribution in [0.5, 0.6) is 5.75 Å². The summed E-state index contributed by atoms with van der Waals surface area (Å²) in [6.07, 6.45) is -1.08. The molecule has 0 fully saturated rings. The van der Waals surface area contributed by atoms with E-state index >= 15 is 0 Å². The molecule has 0 unspecified atom stereocenters. The molecule has 0 bridgehead atoms. The van der Waals surface area contributed by atoms with Crippen molar-refractivity contribution in [3.8, 4) is 18.1 Å². The molecular weight excluding hydrogens is 237 g/mol. The molecule has 0 aliphatic heterocycles. The van der Waals surface area contributed by atoms with E-state index in [1.807, 2.05) is 5.92 Å². The molecule has 17 heavy (non-hydrogen) atoms. The van der Waals surface area contributed by atoms with Gasteiger partial charge in [-0.15, -0.1) is 6.42 Å². The third-order valence-electron chi connectivity index (χ3n) is 1.66. The van der Waals surface area contributed by atoms with Crippen molar-refractivity contribution < 1.29 is 27.4 Å². The first-order chi connectivity index (χ1) is 7.95. The quantitative estimate of drug-likeness (QED) is 0.456. The molecule has 3 nitrogen and oxygen atoms in total. The molecule has 0 heterocycles. The first-order valence-corrected chi connectivity index (χ1v) is 4.39. The zero-order valence-corrected chi connectivity index (χ0v) is 8.45. The largest absolute Gasteiger partial charge is 0.514 e. The zero-order chi connectivity index (χ0) is 12.9. The molecule has 0 aromatic heterocycles. The van der Waals surface area contributed by atoms with Crippen molar-refractivity contribution in [2.75, 3.05) is 6.61 Å². The molecule has 0 atom stereocenters. The number of ether oxygens (including phenoxy) is 2. The highest BCUT2D eigenvalue weighted by Crippen LogP contribution is 2.35. The molecule has 1 aromatic carbocycles. The first kappa shape index (κ1) is 12.9. The van der Waals surface area contributed by atoms with Gasteiger partial charge in [0.1, 0.15) is 5.75 Å². The Bertz CT molecular complexity index is 446. The Morgan fingerprint density at radius 1 is 1.35 bits per heavy atom. The van der Waals surface area contributed by atoms with Gasteiger partial charge in [-0.2, -0.15) is 13.2 Å². The molecule has 0 aliphatic carbocycles. The monoisotopic (exact) mass is 244 g/mol. The van der Waals surface area contributed by atoms with Gasteiger partial charge >= 0.3 is 12.3 Å². The van der Waals surface area contributed by atoms with E-state index in [0.717, 1.165) is 12.1 Å². The minimum absolute atomic E-state index is 0.368. The summed E-state index contributed by atoms with van der Waals surface area (Å²) in [5.74, 6) is 1.36. The van der Waals surface area contributed by atoms with Crippen LogP contribution in [0.15, 0.2) is 24.3 Å². The number of carbonyl (C=O) groups is 1. The average Bonchev–Trinajstić information content (AvgIpc) is 2.25. The van der Waals surface area contributed by atoms with Gasteiger partial charge in [0.25, 0.3) is 0 Å². The molecule has 6 heteroatoms.